The molecule has 1 saturated heterocycles. The van der Waals surface area contributed by atoms with E-state index in [2.05, 4.69) is 20.4 Å². The number of rotatable bonds is 4. The molecule has 1 aromatic carbocycles. The summed E-state index contributed by atoms with van der Waals surface area (Å²) in [5.41, 5.74) is 2.44. The van der Waals surface area contributed by atoms with Crippen LogP contribution in [-0.4, -0.2) is 45.7 Å². The van der Waals surface area contributed by atoms with Crippen molar-refractivity contribution in [3.63, 3.8) is 0 Å². The summed E-state index contributed by atoms with van der Waals surface area (Å²) in [5.74, 6) is 1.54. The van der Waals surface area contributed by atoms with Gasteiger partial charge in [0.05, 0.1) is 24.1 Å². The van der Waals surface area contributed by atoms with E-state index in [0.29, 0.717) is 6.54 Å². The molecule has 3 aromatic rings. The van der Waals surface area contributed by atoms with E-state index in [1.807, 2.05) is 43.0 Å². The zero-order chi connectivity index (χ0) is 17.4. The van der Waals surface area contributed by atoms with E-state index in [1.165, 1.54) is 0 Å². The van der Waals surface area contributed by atoms with Crippen molar-refractivity contribution in [3.8, 4) is 17.0 Å². The van der Waals surface area contributed by atoms with Gasteiger partial charge < -0.3 is 24.9 Å². The topological polar surface area (TPSA) is 85.5 Å². The maximum absolute atomic E-state index is 9.73. The molecular formula is C18H20IrN5O2-. The molecule has 3 heterocycles. The van der Waals surface area contributed by atoms with Gasteiger partial charge in [-0.25, -0.2) is 0 Å². The summed E-state index contributed by atoms with van der Waals surface area (Å²) in [6.45, 7) is 5.35. The van der Waals surface area contributed by atoms with Gasteiger partial charge >= 0.3 is 0 Å². The van der Waals surface area contributed by atoms with Crippen LogP contribution in [0.15, 0.2) is 30.5 Å². The van der Waals surface area contributed by atoms with Gasteiger partial charge in [-0.1, -0.05) is 6.07 Å². The molecule has 2 aromatic heterocycles. The van der Waals surface area contributed by atoms with Crippen LogP contribution in [0.4, 0.5) is 5.82 Å². The van der Waals surface area contributed by atoms with Crippen molar-refractivity contribution in [2.24, 2.45) is 0 Å². The van der Waals surface area contributed by atoms with Crippen LogP contribution in [0.1, 0.15) is 20.3 Å². The molecule has 4 rings (SSSR count). The van der Waals surface area contributed by atoms with Gasteiger partial charge in [-0.2, -0.15) is 5.10 Å². The van der Waals surface area contributed by atoms with Gasteiger partial charge in [0.15, 0.2) is 5.82 Å². The minimum atomic E-state index is -0.305. The molecule has 0 spiro atoms. The molecule has 1 N–H and O–H groups in total. The van der Waals surface area contributed by atoms with E-state index in [1.54, 1.807) is 6.20 Å². The Kier molecular flexibility index (Phi) is 5.55. The average molecular weight is 531 g/mol. The van der Waals surface area contributed by atoms with E-state index in [0.717, 1.165) is 46.7 Å². The number of benzene rings is 1. The van der Waals surface area contributed by atoms with Crippen LogP contribution < -0.4 is 14.7 Å². The first-order chi connectivity index (χ1) is 12.1. The van der Waals surface area contributed by atoms with Crippen LogP contribution in [0.3, 0.4) is 0 Å². The largest absolute Gasteiger partial charge is 0.574 e. The summed E-state index contributed by atoms with van der Waals surface area (Å²) in [4.78, 5) is 2.03. The third-order valence-electron chi connectivity index (χ3n) is 4.26. The smallest absolute Gasteiger partial charge is 0.151 e. The number of aliphatic hydroxyl groups is 1. The molecule has 7 nitrogen and oxygen atoms in total. The maximum Gasteiger partial charge on any atom is 0.151 e. The summed E-state index contributed by atoms with van der Waals surface area (Å²) in [7, 11) is 0. The first-order valence-corrected chi connectivity index (χ1v) is 8.46. The van der Waals surface area contributed by atoms with Crippen molar-refractivity contribution in [3.05, 3.63) is 30.5 Å². The molecule has 0 aliphatic carbocycles. The van der Waals surface area contributed by atoms with E-state index >= 15 is 0 Å². The Morgan fingerprint density at radius 3 is 2.88 bits per heavy atom. The fourth-order valence-electron chi connectivity index (χ4n) is 3.10. The van der Waals surface area contributed by atoms with Crippen molar-refractivity contribution in [1.29, 1.82) is 0 Å². The quantitative estimate of drug-likeness (QED) is 0.553. The third-order valence-corrected chi connectivity index (χ3v) is 4.26. The van der Waals surface area contributed by atoms with Gasteiger partial charge in [0, 0.05) is 38.8 Å². The number of aromatic nitrogens is 4. The molecule has 26 heavy (non-hydrogen) atoms. The van der Waals surface area contributed by atoms with Crippen molar-refractivity contribution >= 4 is 16.7 Å². The fourth-order valence-corrected chi connectivity index (χ4v) is 3.10. The Morgan fingerprint density at radius 2 is 2.15 bits per heavy atom. The number of aliphatic hydroxyl groups excluding tert-OH is 1. The average Bonchev–Trinajstić information content (AvgIpc) is 3.20. The summed E-state index contributed by atoms with van der Waals surface area (Å²) in [6.07, 6.45) is 2.24. The molecule has 0 bridgehead atoms. The number of hydrogen-bond donors (Lipinski definition) is 1. The molecule has 1 fully saturated rings. The maximum atomic E-state index is 9.73. The zero-order valence-electron chi connectivity index (χ0n) is 14.6. The van der Waals surface area contributed by atoms with Gasteiger partial charge in [0.1, 0.15) is 5.75 Å². The van der Waals surface area contributed by atoms with Crippen LogP contribution >= 0.6 is 0 Å². The Hall–Kier alpha value is -2.02. The third kappa shape index (κ3) is 3.72. The normalized spacial score (nSPS) is 16.9. The molecule has 1 aliphatic heterocycles. The molecule has 0 saturated carbocycles. The van der Waals surface area contributed by atoms with E-state index in [-0.39, 0.29) is 32.3 Å². The number of ether oxygens (including phenoxy) is 1. The van der Waals surface area contributed by atoms with Crippen molar-refractivity contribution in [2.75, 3.05) is 18.0 Å². The predicted octanol–water partition coefficient (Wildman–Crippen LogP) is 2.00. The van der Waals surface area contributed by atoms with Gasteiger partial charge in [-0.05, 0) is 43.9 Å². The summed E-state index contributed by atoms with van der Waals surface area (Å²) < 4.78 is 5.78. The minimum absolute atomic E-state index is 0. The fraction of sp³-hybridized carbons (Fsp3) is 0.389. The van der Waals surface area contributed by atoms with Crippen LogP contribution in [0.25, 0.3) is 22.2 Å². The number of fused-ring (bicyclic) bond motifs is 1. The standard InChI is InChI=1S/C18H20N5O2.Ir/c1-11(2)25-14-3-4-16-15(8-14)18(22-20-16)12-7-17(21-19-9-12)23-6-5-13(24)10-23;/h3-4,7-9,11,13,24H,5-6,10H2,1-2H3;/q-1;. The molecule has 1 unspecified atom stereocenters. The van der Waals surface area contributed by atoms with Gasteiger partial charge in [-0.3, -0.25) is 0 Å². The van der Waals surface area contributed by atoms with Crippen LogP contribution in [-0.2, 0) is 20.1 Å². The Labute approximate surface area is 165 Å². The van der Waals surface area contributed by atoms with Crippen LogP contribution in [0.2, 0.25) is 0 Å². The van der Waals surface area contributed by atoms with Gasteiger partial charge in [0.2, 0.25) is 0 Å². The number of β-amino-alcohol motifs (C(OH)–C–C–N with tert-alkyl or cyclic N) is 1. The number of nitrogens with zero attached hydrogens (tertiary/aromatic N) is 5. The van der Waals surface area contributed by atoms with Crippen molar-refractivity contribution in [1.82, 2.24) is 20.4 Å². The summed E-state index contributed by atoms with van der Waals surface area (Å²) in [6, 6.07) is 7.73. The number of anilines is 1. The first-order valence-electron chi connectivity index (χ1n) is 8.46. The molecule has 1 aliphatic rings. The van der Waals surface area contributed by atoms with E-state index < -0.39 is 0 Å². The SMILES string of the molecule is CC(C)Oc1ccc2[n-]nc(-c3cnnc(N4CCC(O)C4)c3)c2c1.[Ir]. The molecular weight excluding hydrogens is 510 g/mol. The van der Waals surface area contributed by atoms with Gasteiger partial charge in [-0.15, -0.1) is 10.6 Å². The molecule has 0 amide bonds. The molecule has 1 atom stereocenters. The Morgan fingerprint density at radius 1 is 1.31 bits per heavy atom. The van der Waals surface area contributed by atoms with Crippen LogP contribution in [0, 0.1) is 0 Å². The summed E-state index contributed by atoms with van der Waals surface area (Å²) in [5, 5.41) is 27.5. The number of hydrogen-bond acceptors (Lipinski definition) is 6. The summed E-state index contributed by atoms with van der Waals surface area (Å²) >= 11 is 0. The predicted molar refractivity (Wildman–Crippen MR) is 94.7 cm³/mol. The van der Waals surface area contributed by atoms with Gasteiger partial charge in [0.25, 0.3) is 0 Å². The van der Waals surface area contributed by atoms with Crippen molar-refractivity contribution < 1.29 is 29.9 Å². The zero-order valence-corrected chi connectivity index (χ0v) is 17.0. The molecule has 139 valence electrons. The monoisotopic (exact) mass is 531 g/mol. The molecule has 1 radical (unpaired) electrons. The minimum Gasteiger partial charge on any atom is -0.574 e. The second-order valence-electron chi connectivity index (χ2n) is 6.59. The Balaban J connectivity index is 0.00000196. The second-order valence-corrected chi connectivity index (χ2v) is 6.59. The van der Waals surface area contributed by atoms with E-state index in [4.69, 9.17) is 4.74 Å². The Bertz CT molecular complexity index is 898. The first kappa shape index (κ1) is 18.8. The van der Waals surface area contributed by atoms with E-state index in [9.17, 15) is 5.11 Å². The van der Waals surface area contributed by atoms with Crippen LogP contribution in [0.5, 0.6) is 5.75 Å². The second kappa shape index (κ2) is 7.70. The van der Waals surface area contributed by atoms with Crippen molar-refractivity contribution in [2.45, 2.75) is 32.5 Å². The molecule has 8 heteroatoms.